The average molecular weight is 338 g/mol. The second kappa shape index (κ2) is 8.41. The number of amides is 2. The van der Waals surface area contributed by atoms with E-state index in [1.165, 1.54) is 17.0 Å². The number of rotatable bonds is 5. The molecule has 1 aromatic rings. The van der Waals surface area contributed by atoms with Crippen LogP contribution in [0.2, 0.25) is 0 Å². The Bertz CT molecular complexity index is 562. The van der Waals surface area contributed by atoms with Crippen LogP contribution in [0.25, 0.3) is 0 Å². The maximum absolute atomic E-state index is 13.3. The Balaban J connectivity index is 1.81. The van der Waals surface area contributed by atoms with Crippen LogP contribution in [0.3, 0.4) is 0 Å². The number of carbonyl (C=O) groups excluding carboxylic acids is 1. The molecule has 0 radical (unpaired) electrons. The molecule has 1 fully saturated rings. The number of aryl methyl sites for hydroxylation is 1. The van der Waals surface area contributed by atoms with Crippen molar-refractivity contribution < 1.29 is 14.3 Å². The molecular weight excluding hydrogens is 311 g/mol. The van der Waals surface area contributed by atoms with E-state index in [2.05, 4.69) is 22.2 Å². The van der Waals surface area contributed by atoms with Gasteiger partial charge in [-0.05, 0) is 31.7 Å². The Morgan fingerprint density at radius 1 is 1.38 bits per heavy atom. The van der Waals surface area contributed by atoms with Gasteiger partial charge >= 0.3 is 6.03 Å². The molecule has 0 saturated carbocycles. The van der Waals surface area contributed by atoms with Gasteiger partial charge in [0.2, 0.25) is 0 Å². The first kappa shape index (κ1) is 18.6. The van der Waals surface area contributed by atoms with E-state index in [1.54, 1.807) is 20.0 Å². The lowest BCUT2D eigenvalue weighted by atomic mass is 10.2. The Hall–Kier alpha value is -1.70. The molecule has 1 aromatic carbocycles. The van der Waals surface area contributed by atoms with Gasteiger partial charge in [0.05, 0.1) is 6.10 Å². The second-order valence-electron chi connectivity index (χ2n) is 6.53. The molecule has 2 amide bonds. The molecule has 0 bridgehead atoms. The Morgan fingerprint density at radius 2 is 2.04 bits per heavy atom. The lowest BCUT2D eigenvalue weighted by Gasteiger charge is -2.34. The summed E-state index contributed by atoms with van der Waals surface area (Å²) in [6.07, 6.45) is -0.613. The molecule has 134 valence electrons. The highest BCUT2D eigenvalue weighted by molar-refractivity contribution is 5.89. The molecule has 7 heteroatoms. The lowest BCUT2D eigenvalue weighted by Crippen LogP contribution is -2.49. The van der Waals surface area contributed by atoms with Gasteiger partial charge in [0.1, 0.15) is 5.82 Å². The Morgan fingerprint density at radius 3 is 2.71 bits per heavy atom. The number of anilines is 1. The molecule has 2 N–H and O–H groups in total. The number of nitrogens with one attached hydrogen (secondary N) is 1. The molecule has 1 aliphatic heterocycles. The third-order valence-corrected chi connectivity index (χ3v) is 4.34. The molecule has 24 heavy (non-hydrogen) atoms. The van der Waals surface area contributed by atoms with E-state index in [0.717, 1.165) is 31.7 Å². The standard InChI is InChI=1S/C17H27FN4O2/c1-13-4-5-14(18)10-16(13)19-17(24)21(3)11-15(23)12-22-8-6-20(2)7-9-22/h4-5,10,15,23H,6-9,11-12H2,1-3H3,(H,19,24). The van der Waals surface area contributed by atoms with Gasteiger partial charge in [0.15, 0.2) is 0 Å². The predicted molar refractivity (Wildman–Crippen MR) is 92.7 cm³/mol. The monoisotopic (exact) mass is 338 g/mol. The van der Waals surface area contributed by atoms with Gasteiger partial charge in [-0.3, -0.25) is 4.90 Å². The summed E-state index contributed by atoms with van der Waals surface area (Å²) >= 11 is 0. The van der Waals surface area contributed by atoms with E-state index in [0.29, 0.717) is 12.2 Å². The zero-order chi connectivity index (χ0) is 17.7. The van der Waals surface area contributed by atoms with Crippen LogP contribution in [-0.4, -0.2) is 85.3 Å². The summed E-state index contributed by atoms with van der Waals surface area (Å²) in [5.41, 5.74) is 1.23. The highest BCUT2D eigenvalue weighted by Crippen LogP contribution is 2.16. The molecule has 1 heterocycles. The molecule has 1 unspecified atom stereocenters. The van der Waals surface area contributed by atoms with Crippen molar-refractivity contribution in [1.29, 1.82) is 0 Å². The molecule has 2 rings (SSSR count). The molecule has 6 nitrogen and oxygen atoms in total. The van der Waals surface area contributed by atoms with Crippen molar-refractivity contribution in [3.8, 4) is 0 Å². The van der Waals surface area contributed by atoms with Crippen LogP contribution < -0.4 is 5.32 Å². The van der Waals surface area contributed by atoms with Crippen LogP contribution >= 0.6 is 0 Å². The number of halogens is 1. The maximum Gasteiger partial charge on any atom is 0.321 e. The maximum atomic E-state index is 13.3. The molecular formula is C17H27FN4O2. The summed E-state index contributed by atoms with van der Waals surface area (Å²) in [5, 5.41) is 12.9. The van der Waals surface area contributed by atoms with Crippen LogP contribution in [0.15, 0.2) is 18.2 Å². The highest BCUT2D eigenvalue weighted by atomic mass is 19.1. The van der Waals surface area contributed by atoms with Crippen molar-refractivity contribution in [3.63, 3.8) is 0 Å². The molecule has 1 atom stereocenters. The molecule has 1 saturated heterocycles. The van der Waals surface area contributed by atoms with E-state index >= 15 is 0 Å². The van der Waals surface area contributed by atoms with Crippen molar-refractivity contribution in [3.05, 3.63) is 29.6 Å². The van der Waals surface area contributed by atoms with Crippen molar-refractivity contribution in [2.75, 3.05) is 58.7 Å². The number of β-amino-alcohol motifs (C(OH)–C–C–N with tert-alkyl or cyclic N) is 1. The van der Waals surface area contributed by atoms with Gasteiger partial charge in [-0.25, -0.2) is 9.18 Å². The predicted octanol–water partition coefficient (Wildman–Crippen LogP) is 1.21. The number of benzene rings is 1. The minimum Gasteiger partial charge on any atom is -0.390 e. The fraction of sp³-hybridized carbons (Fsp3) is 0.588. The largest absolute Gasteiger partial charge is 0.390 e. The van der Waals surface area contributed by atoms with Crippen LogP contribution in [0.5, 0.6) is 0 Å². The first-order valence-electron chi connectivity index (χ1n) is 8.22. The number of piperazine rings is 1. The Labute approximate surface area is 142 Å². The number of carbonyl (C=O) groups is 1. The summed E-state index contributed by atoms with van der Waals surface area (Å²) in [6.45, 7) is 6.40. The van der Waals surface area contributed by atoms with Gasteiger partial charge in [-0.15, -0.1) is 0 Å². The van der Waals surface area contributed by atoms with Gasteiger partial charge in [-0.2, -0.15) is 0 Å². The SMILES string of the molecule is Cc1ccc(F)cc1NC(=O)N(C)CC(O)CN1CCN(C)CC1. The third kappa shape index (κ3) is 5.43. The van der Waals surface area contributed by atoms with E-state index in [1.807, 2.05) is 0 Å². The third-order valence-electron chi connectivity index (χ3n) is 4.34. The first-order chi connectivity index (χ1) is 11.3. The van der Waals surface area contributed by atoms with Crippen molar-refractivity contribution in [2.45, 2.75) is 13.0 Å². The summed E-state index contributed by atoms with van der Waals surface area (Å²) in [5.74, 6) is -0.395. The average Bonchev–Trinajstić information content (AvgIpc) is 2.53. The number of aliphatic hydroxyl groups is 1. The number of hydrogen-bond acceptors (Lipinski definition) is 4. The summed E-state index contributed by atoms with van der Waals surface area (Å²) in [6, 6.07) is 3.91. The fourth-order valence-electron chi connectivity index (χ4n) is 2.72. The number of likely N-dealkylation sites (N-methyl/N-ethyl adjacent to an activating group) is 2. The number of nitrogens with zero attached hydrogens (tertiary/aromatic N) is 3. The first-order valence-corrected chi connectivity index (χ1v) is 8.22. The quantitative estimate of drug-likeness (QED) is 0.847. The summed E-state index contributed by atoms with van der Waals surface area (Å²) < 4.78 is 13.3. The van der Waals surface area contributed by atoms with Gasteiger partial charge in [0.25, 0.3) is 0 Å². The summed E-state index contributed by atoms with van der Waals surface area (Å²) in [7, 11) is 3.71. The van der Waals surface area contributed by atoms with Crippen molar-refractivity contribution in [2.24, 2.45) is 0 Å². The molecule has 0 spiro atoms. The second-order valence-corrected chi connectivity index (χ2v) is 6.53. The lowest BCUT2D eigenvalue weighted by molar-refractivity contribution is 0.0670. The highest BCUT2D eigenvalue weighted by Gasteiger charge is 2.20. The molecule has 1 aliphatic rings. The van der Waals surface area contributed by atoms with E-state index in [-0.39, 0.29) is 12.6 Å². The minimum atomic E-state index is -0.613. The van der Waals surface area contributed by atoms with Crippen molar-refractivity contribution >= 4 is 11.7 Å². The zero-order valence-corrected chi connectivity index (χ0v) is 14.6. The van der Waals surface area contributed by atoms with Gasteiger partial charge in [0, 0.05) is 52.0 Å². The van der Waals surface area contributed by atoms with Crippen LogP contribution in [-0.2, 0) is 0 Å². The van der Waals surface area contributed by atoms with E-state index < -0.39 is 11.9 Å². The number of urea groups is 1. The van der Waals surface area contributed by atoms with Crippen molar-refractivity contribution in [1.82, 2.24) is 14.7 Å². The minimum absolute atomic E-state index is 0.229. The number of hydrogen-bond donors (Lipinski definition) is 2. The summed E-state index contributed by atoms with van der Waals surface area (Å²) in [4.78, 5) is 18.1. The topological polar surface area (TPSA) is 59.1 Å². The van der Waals surface area contributed by atoms with Crippen LogP contribution in [0, 0.1) is 12.7 Å². The normalized spacial score (nSPS) is 17.5. The van der Waals surface area contributed by atoms with E-state index in [9.17, 15) is 14.3 Å². The van der Waals surface area contributed by atoms with Gasteiger partial charge < -0.3 is 20.2 Å². The zero-order valence-electron chi connectivity index (χ0n) is 14.6. The molecule has 0 aromatic heterocycles. The van der Waals surface area contributed by atoms with E-state index in [4.69, 9.17) is 0 Å². The van der Waals surface area contributed by atoms with Crippen LogP contribution in [0.1, 0.15) is 5.56 Å². The van der Waals surface area contributed by atoms with Gasteiger partial charge in [-0.1, -0.05) is 6.07 Å². The fourth-order valence-corrected chi connectivity index (χ4v) is 2.72. The molecule has 0 aliphatic carbocycles. The number of aliphatic hydroxyl groups excluding tert-OH is 1. The van der Waals surface area contributed by atoms with Crippen LogP contribution in [0.4, 0.5) is 14.9 Å². The Kier molecular flexibility index (Phi) is 6.53. The smallest absolute Gasteiger partial charge is 0.321 e.